The average molecular weight is 513 g/mol. The summed E-state index contributed by atoms with van der Waals surface area (Å²) in [5.41, 5.74) is -0.131. The topological polar surface area (TPSA) is 165 Å². The molecule has 0 heterocycles. The first-order valence-corrected chi connectivity index (χ1v) is 11.1. The monoisotopic (exact) mass is 512 g/mol. The van der Waals surface area contributed by atoms with Gasteiger partial charge in [0.25, 0.3) is 5.69 Å². The molecule has 13 heteroatoms. The number of fused-ring (bicyclic) bond motifs is 1. The number of rotatable bonds is 13. The Morgan fingerprint density at radius 2 is 1.67 bits per heavy atom. The molecule has 0 aliphatic carbocycles. The molecule has 0 aromatic heterocycles. The van der Waals surface area contributed by atoms with Gasteiger partial charge in [-0.25, -0.2) is 0 Å². The molecule has 186 valence electrons. The van der Waals surface area contributed by atoms with Gasteiger partial charge >= 0.3 is 5.69 Å². The number of hydrogen-bond donors (Lipinski definition) is 1. The number of nitro benzene ring substituents is 2. The molecule has 3 rings (SSSR count). The molecule has 0 radical (unpaired) electrons. The summed E-state index contributed by atoms with van der Waals surface area (Å²) in [6.07, 6.45) is 0.349. The predicted octanol–water partition coefficient (Wildman–Crippen LogP) is 6.08. The SMILES string of the molecule is N#CCCOCCOCCNc1ccc(N=Nc2c(Cl)cc([N+](=O)[O-])cc2[N+](=O)[O-])c2ccccc12. The zero-order chi connectivity index (χ0) is 25.9. The van der Waals surface area contributed by atoms with Gasteiger partial charge in [0.2, 0.25) is 0 Å². The van der Waals surface area contributed by atoms with Gasteiger partial charge in [0.1, 0.15) is 0 Å². The molecule has 0 saturated carbocycles. The number of ether oxygens (including phenoxy) is 2. The highest BCUT2D eigenvalue weighted by atomic mass is 35.5. The lowest BCUT2D eigenvalue weighted by atomic mass is 10.1. The smallest absolute Gasteiger partial charge is 0.305 e. The van der Waals surface area contributed by atoms with Crippen molar-refractivity contribution < 1.29 is 19.3 Å². The van der Waals surface area contributed by atoms with Crippen molar-refractivity contribution in [1.82, 2.24) is 0 Å². The first-order chi connectivity index (χ1) is 17.4. The van der Waals surface area contributed by atoms with Crippen LogP contribution in [0.1, 0.15) is 6.42 Å². The van der Waals surface area contributed by atoms with Gasteiger partial charge in [-0.15, -0.1) is 10.2 Å². The summed E-state index contributed by atoms with van der Waals surface area (Å²) < 4.78 is 10.8. The van der Waals surface area contributed by atoms with Crippen LogP contribution in [0.4, 0.5) is 28.4 Å². The van der Waals surface area contributed by atoms with Gasteiger partial charge < -0.3 is 14.8 Å². The van der Waals surface area contributed by atoms with Crippen LogP contribution in [-0.2, 0) is 9.47 Å². The Balaban J connectivity index is 1.74. The summed E-state index contributed by atoms with van der Waals surface area (Å²) in [7, 11) is 0. The summed E-state index contributed by atoms with van der Waals surface area (Å²) >= 11 is 6.05. The molecule has 0 saturated heterocycles. The minimum Gasteiger partial charge on any atom is -0.382 e. The maximum absolute atomic E-state index is 11.4. The van der Waals surface area contributed by atoms with Crippen molar-refractivity contribution in [1.29, 1.82) is 5.26 Å². The summed E-state index contributed by atoms with van der Waals surface area (Å²) in [5, 5.41) is 43.6. The van der Waals surface area contributed by atoms with Gasteiger partial charge in [0.05, 0.1) is 65.5 Å². The number of non-ortho nitro benzene ring substituents is 1. The van der Waals surface area contributed by atoms with E-state index in [4.69, 9.17) is 26.3 Å². The molecule has 0 aliphatic rings. The van der Waals surface area contributed by atoms with E-state index in [1.807, 2.05) is 30.3 Å². The van der Waals surface area contributed by atoms with E-state index < -0.39 is 21.2 Å². The standard InChI is InChI=1S/C23H21ClN6O6/c24-19-14-16(29(31)32)15-22(30(33)34)23(19)28-27-21-7-6-20(17-4-1-2-5-18(17)21)26-9-11-36-13-12-35-10-3-8-25/h1-2,4-7,14-15,26H,3,9-13H2. The second kappa shape index (κ2) is 13.1. The molecule has 0 atom stereocenters. The Kier molecular flexibility index (Phi) is 9.58. The number of benzene rings is 3. The van der Waals surface area contributed by atoms with Gasteiger partial charge in [-0.1, -0.05) is 35.9 Å². The van der Waals surface area contributed by atoms with E-state index in [0.717, 1.165) is 28.6 Å². The zero-order valence-electron chi connectivity index (χ0n) is 18.9. The fourth-order valence-corrected chi connectivity index (χ4v) is 3.49. The Bertz CT molecular complexity index is 1330. The third-order valence-electron chi connectivity index (χ3n) is 4.89. The van der Waals surface area contributed by atoms with E-state index >= 15 is 0 Å². The lowest BCUT2D eigenvalue weighted by Gasteiger charge is -2.11. The van der Waals surface area contributed by atoms with Crippen molar-refractivity contribution in [2.24, 2.45) is 10.2 Å². The van der Waals surface area contributed by atoms with Crippen molar-refractivity contribution in [3.63, 3.8) is 0 Å². The molecule has 3 aromatic rings. The van der Waals surface area contributed by atoms with Gasteiger partial charge in [0.15, 0.2) is 5.69 Å². The number of nitro groups is 2. The van der Waals surface area contributed by atoms with E-state index in [9.17, 15) is 20.2 Å². The summed E-state index contributed by atoms with van der Waals surface area (Å²) in [5.74, 6) is 0. The van der Waals surface area contributed by atoms with Crippen molar-refractivity contribution in [2.75, 3.05) is 38.3 Å². The molecular formula is C23H21ClN6O6. The number of nitrogens with zero attached hydrogens (tertiary/aromatic N) is 5. The Morgan fingerprint density at radius 1 is 0.944 bits per heavy atom. The van der Waals surface area contributed by atoms with Crippen molar-refractivity contribution in [2.45, 2.75) is 6.42 Å². The molecule has 0 aliphatic heterocycles. The Hall–Kier alpha value is -4.18. The molecule has 0 amide bonds. The predicted molar refractivity (Wildman–Crippen MR) is 133 cm³/mol. The molecule has 0 spiro atoms. The van der Waals surface area contributed by atoms with Crippen LogP contribution in [0.3, 0.4) is 0 Å². The van der Waals surface area contributed by atoms with Gasteiger partial charge in [-0.05, 0) is 12.1 Å². The van der Waals surface area contributed by atoms with Crippen LogP contribution in [0.15, 0.2) is 58.8 Å². The Labute approximate surface area is 210 Å². The van der Waals surface area contributed by atoms with Crippen molar-refractivity contribution >= 4 is 50.8 Å². The normalized spacial score (nSPS) is 11.0. The molecule has 12 nitrogen and oxygen atoms in total. The molecule has 3 aromatic carbocycles. The fourth-order valence-electron chi connectivity index (χ4n) is 3.24. The fraction of sp³-hybridized carbons (Fsp3) is 0.261. The number of nitriles is 1. The highest BCUT2D eigenvalue weighted by Crippen LogP contribution is 2.40. The quantitative estimate of drug-likeness (QED) is 0.124. The molecule has 36 heavy (non-hydrogen) atoms. The van der Waals surface area contributed by atoms with E-state index in [2.05, 4.69) is 15.5 Å². The molecule has 0 fully saturated rings. The molecular weight excluding hydrogens is 492 g/mol. The second-order valence-corrected chi connectivity index (χ2v) is 7.65. The van der Waals surface area contributed by atoms with E-state index in [1.165, 1.54) is 0 Å². The first-order valence-electron chi connectivity index (χ1n) is 10.7. The lowest BCUT2D eigenvalue weighted by molar-refractivity contribution is -0.393. The summed E-state index contributed by atoms with van der Waals surface area (Å²) in [6, 6.07) is 14.7. The van der Waals surface area contributed by atoms with Crippen molar-refractivity contribution in [3.8, 4) is 6.07 Å². The van der Waals surface area contributed by atoms with Gasteiger partial charge in [0, 0.05) is 29.1 Å². The van der Waals surface area contributed by atoms with Crippen LogP contribution >= 0.6 is 11.6 Å². The number of halogens is 1. The van der Waals surface area contributed by atoms with Crippen LogP contribution < -0.4 is 5.32 Å². The van der Waals surface area contributed by atoms with Crippen LogP contribution in [0.5, 0.6) is 0 Å². The van der Waals surface area contributed by atoms with Crippen LogP contribution in [0, 0.1) is 31.6 Å². The van der Waals surface area contributed by atoms with Crippen LogP contribution in [-0.4, -0.2) is 42.8 Å². The summed E-state index contributed by atoms with van der Waals surface area (Å²) in [4.78, 5) is 20.9. The van der Waals surface area contributed by atoms with Gasteiger partial charge in [-0.3, -0.25) is 20.2 Å². The van der Waals surface area contributed by atoms with E-state index in [1.54, 1.807) is 12.1 Å². The molecule has 1 N–H and O–H groups in total. The minimum atomic E-state index is -0.793. The van der Waals surface area contributed by atoms with Gasteiger partial charge in [-0.2, -0.15) is 5.26 Å². The molecule has 0 bridgehead atoms. The largest absolute Gasteiger partial charge is 0.382 e. The molecule has 0 unspecified atom stereocenters. The lowest BCUT2D eigenvalue weighted by Crippen LogP contribution is -2.12. The third-order valence-corrected chi connectivity index (χ3v) is 5.17. The summed E-state index contributed by atoms with van der Waals surface area (Å²) in [6.45, 7) is 2.21. The number of nitrogens with one attached hydrogen (secondary N) is 1. The number of hydrogen-bond acceptors (Lipinski definition) is 10. The highest BCUT2D eigenvalue weighted by molar-refractivity contribution is 6.33. The van der Waals surface area contributed by atoms with Crippen LogP contribution in [0.25, 0.3) is 10.8 Å². The average Bonchev–Trinajstić information content (AvgIpc) is 2.87. The maximum Gasteiger partial charge on any atom is 0.305 e. The number of anilines is 1. The zero-order valence-corrected chi connectivity index (χ0v) is 19.7. The maximum atomic E-state index is 11.4. The van der Waals surface area contributed by atoms with E-state index in [0.29, 0.717) is 45.1 Å². The van der Waals surface area contributed by atoms with Crippen molar-refractivity contribution in [3.05, 3.63) is 73.8 Å². The second-order valence-electron chi connectivity index (χ2n) is 7.25. The van der Waals surface area contributed by atoms with Crippen LogP contribution in [0.2, 0.25) is 5.02 Å². The first kappa shape index (κ1) is 26.4. The minimum absolute atomic E-state index is 0.252. The Morgan fingerprint density at radius 3 is 2.36 bits per heavy atom. The highest BCUT2D eigenvalue weighted by Gasteiger charge is 2.23. The third kappa shape index (κ3) is 6.92. The van der Waals surface area contributed by atoms with E-state index in [-0.39, 0.29) is 10.7 Å². The number of azo groups is 1.